The molecule has 21 heavy (non-hydrogen) atoms. The Morgan fingerprint density at radius 2 is 1.95 bits per heavy atom. The predicted molar refractivity (Wildman–Crippen MR) is 90.7 cm³/mol. The molecular formula is C16H15BrCl2FN. The molecule has 0 aliphatic heterocycles. The van der Waals surface area contributed by atoms with E-state index in [4.69, 9.17) is 23.2 Å². The van der Waals surface area contributed by atoms with E-state index in [1.807, 2.05) is 12.1 Å². The monoisotopic (exact) mass is 389 g/mol. The first-order valence-corrected chi connectivity index (χ1v) is 8.20. The summed E-state index contributed by atoms with van der Waals surface area (Å²) in [5.41, 5.74) is 1.70. The molecule has 0 spiro atoms. The molecule has 0 aliphatic carbocycles. The Balaban J connectivity index is 2.46. The molecule has 5 heteroatoms. The smallest absolute Gasteiger partial charge is 0.124 e. The van der Waals surface area contributed by atoms with Crippen molar-refractivity contribution in [1.82, 2.24) is 5.32 Å². The van der Waals surface area contributed by atoms with Crippen molar-refractivity contribution in [2.24, 2.45) is 0 Å². The standard InChI is InChI=1S/C16H15BrCl2FN/c1-2-5-21-16(10-6-11(17)8-13(20)7-10)14-4-3-12(18)9-15(14)19/h3-4,6-9,16,21H,2,5H2,1H3. The average molecular weight is 391 g/mol. The molecule has 0 fully saturated rings. The van der Waals surface area contributed by atoms with Crippen molar-refractivity contribution in [3.05, 3.63) is 67.9 Å². The largest absolute Gasteiger partial charge is 0.306 e. The zero-order valence-electron chi connectivity index (χ0n) is 11.5. The third-order valence-corrected chi connectivity index (χ3v) is 4.11. The lowest BCUT2D eigenvalue weighted by atomic mass is 9.98. The van der Waals surface area contributed by atoms with Crippen molar-refractivity contribution < 1.29 is 4.39 Å². The minimum atomic E-state index is -0.284. The fourth-order valence-corrected chi connectivity index (χ4v) is 3.17. The zero-order chi connectivity index (χ0) is 15.4. The van der Waals surface area contributed by atoms with E-state index in [2.05, 4.69) is 28.2 Å². The van der Waals surface area contributed by atoms with Crippen LogP contribution < -0.4 is 5.32 Å². The first-order valence-electron chi connectivity index (χ1n) is 6.65. The third-order valence-electron chi connectivity index (χ3n) is 3.09. The highest BCUT2D eigenvalue weighted by Crippen LogP contribution is 2.32. The molecule has 112 valence electrons. The lowest BCUT2D eigenvalue weighted by molar-refractivity contribution is 0.585. The summed E-state index contributed by atoms with van der Waals surface area (Å²) in [5.74, 6) is -0.284. The quantitative estimate of drug-likeness (QED) is 0.661. The van der Waals surface area contributed by atoms with Gasteiger partial charge >= 0.3 is 0 Å². The maximum atomic E-state index is 13.7. The highest BCUT2D eigenvalue weighted by atomic mass is 79.9. The van der Waals surface area contributed by atoms with Gasteiger partial charge in [0.25, 0.3) is 0 Å². The molecule has 2 aromatic rings. The van der Waals surface area contributed by atoms with Crippen molar-refractivity contribution >= 4 is 39.1 Å². The molecule has 0 radical (unpaired) electrons. The van der Waals surface area contributed by atoms with E-state index in [0.717, 1.165) is 24.1 Å². The Labute approximate surface area is 142 Å². The lowest BCUT2D eigenvalue weighted by Crippen LogP contribution is -2.23. The van der Waals surface area contributed by atoms with Crippen molar-refractivity contribution in [2.45, 2.75) is 19.4 Å². The minimum absolute atomic E-state index is 0.179. The number of halogens is 4. The van der Waals surface area contributed by atoms with E-state index < -0.39 is 0 Å². The molecule has 1 atom stereocenters. The second kappa shape index (κ2) is 7.59. The number of benzene rings is 2. The highest BCUT2D eigenvalue weighted by Gasteiger charge is 2.18. The molecule has 0 aliphatic rings. The minimum Gasteiger partial charge on any atom is -0.306 e. The van der Waals surface area contributed by atoms with E-state index in [1.165, 1.54) is 12.1 Å². The molecule has 0 aromatic heterocycles. The molecule has 2 aromatic carbocycles. The normalized spacial score (nSPS) is 12.4. The first kappa shape index (κ1) is 16.8. The van der Waals surface area contributed by atoms with Crippen molar-refractivity contribution in [1.29, 1.82) is 0 Å². The summed E-state index contributed by atoms with van der Waals surface area (Å²) in [7, 11) is 0. The maximum absolute atomic E-state index is 13.7. The van der Waals surface area contributed by atoms with Gasteiger partial charge in [0.05, 0.1) is 6.04 Å². The summed E-state index contributed by atoms with van der Waals surface area (Å²) in [6, 6.07) is 10.0. The fraction of sp³-hybridized carbons (Fsp3) is 0.250. The van der Waals surface area contributed by atoms with Gasteiger partial charge < -0.3 is 5.32 Å². The SMILES string of the molecule is CCCNC(c1cc(F)cc(Br)c1)c1ccc(Cl)cc1Cl. The van der Waals surface area contributed by atoms with Gasteiger partial charge in [0.1, 0.15) is 5.82 Å². The van der Waals surface area contributed by atoms with E-state index in [9.17, 15) is 4.39 Å². The third kappa shape index (κ3) is 4.43. The van der Waals surface area contributed by atoms with E-state index in [1.54, 1.807) is 12.1 Å². The summed E-state index contributed by atoms with van der Waals surface area (Å²) in [4.78, 5) is 0. The maximum Gasteiger partial charge on any atom is 0.124 e. The summed E-state index contributed by atoms with van der Waals surface area (Å²) in [6.45, 7) is 2.88. The molecule has 1 unspecified atom stereocenters. The molecule has 1 nitrogen and oxygen atoms in total. The van der Waals surface area contributed by atoms with E-state index >= 15 is 0 Å². The van der Waals surface area contributed by atoms with Crippen molar-refractivity contribution in [3.63, 3.8) is 0 Å². The van der Waals surface area contributed by atoms with Gasteiger partial charge in [-0.05, 0) is 54.4 Å². The molecule has 0 saturated carbocycles. The van der Waals surface area contributed by atoms with Crippen LogP contribution in [0.4, 0.5) is 4.39 Å². The summed E-state index contributed by atoms with van der Waals surface area (Å²) < 4.78 is 14.4. The predicted octanol–water partition coefficient (Wildman–Crippen LogP) is 5.98. The number of rotatable bonds is 5. The van der Waals surface area contributed by atoms with E-state index in [0.29, 0.717) is 14.5 Å². The van der Waals surface area contributed by atoms with Crippen LogP contribution in [0.5, 0.6) is 0 Å². The van der Waals surface area contributed by atoms with Gasteiger partial charge in [0, 0.05) is 14.5 Å². The fourth-order valence-electron chi connectivity index (χ4n) is 2.17. The van der Waals surface area contributed by atoms with Crippen LogP contribution in [-0.2, 0) is 0 Å². The summed E-state index contributed by atoms with van der Waals surface area (Å²) in [5, 5.41) is 4.55. The Morgan fingerprint density at radius 1 is 1.19 bits per heavy atom. The highest BCUT2D eigenvalue weighted by molar-refractivity contribution is 9.10. The topological polar surface area (TPSA) is 12.0 Å². The van der Waals surface area contributed by atoms with Gasteiger partial charge in [-0.25, -0.2) is 4.39 Å². The second-order valence-electron chi connectivity index (χ2n) is 4.76. The van der Waals surface area contributed by atoms with Crippen LogP contribution in [0.2, 0.25) is 10.0 Å². The van der Waals surface area contributed by atoms with Gasteiger partial charge in [-0.3, -0.25) is 0 Å². The molecule has 1 N–H and O–H groups in total. The first-order chi connectivity index (χ1) is 10.0. The molecule has 0 amide bonds. The Morgan fingerprint density at radius 3 is 2.57 bits per heavy atom. The van der Waals surface area contributed by atoms with Crippen LogP contribution in [0.1, 0.15) is 30.5 Å². The van der Waals surface area contributed by atoms with Crippen molar-refractivity contribution in [3.8, 4) is 0 Å². The Bertz CT molecular complexity index is 613. The van der Waals surface area contributed by atoms with Gasteiger partial charge in [-0.2, -0.15) is 0 Å². The average Bonchev–Trinajstić information content (AvgIpc) is 2.40. The van der Waals surface area contributed by atoms with Crippen molar-refractivity contribution in [2.75, 3.05) is 6.54 Å². The molecule has 2 rings (SSSR count). The van der Waals surface area contributed by atoms with Crippen LogP contribution in [0, 0.1) is 5.82 Å². The van der Waals surface area contributed by atoms with Crippen LogP contribution in [0.15, 0.2) is 40.9 Å². The van der Waals surface area contributed by atoms with Gasteiger partial charge in [0.2, 0.25) is 0 Å². The number of hydrogen-bond acceptors (Lipinski definition) is 1. The van der Waals surface area contributed by atoms with E-state index in [-0.39, 0.29) is 11.9 Å². The zero-order valence-corrected chi connectivity index (χ0v) is 14.6. The second-order valence-corrected chi connectivity index (χ2v) is 6.52. The van der Waals surface area contributed by atoms with Crippen LogP contribution in [0.25, 0.3) is 0 Å². The van der Waals surface area contributed by atoms with Gasteiger partial charge in [-0.1, -0.05) is 52.1 Å². The number of hydrogen-bond donors (Lipinski definition) is 1. The summed E-state index contributed by atoms with van der Waals surface area (Å²) >= 11 is 15.6. The van der Waals surface area contributed by atoms with Crippen LogP contribution in [-0.4, -0.2) is 6.54 Å². The Kier molecular flexibility index (Phi) is 6.06. The van der Waals surface area contributed by atoms with Gasteiger partial charge in [0.15, 0.2) is 0 Å². The molecule has 0 heterocycles. The number of nitrogens with one attached hydrogen (secondary N) is 1. The Hall–Kier alpha value is -0.610. The van der Waals surface area contributed by atoms with Crippen LogP contribution >= 0.6 is 39.1 Å². The lowest BCUT2D eigenvalue weighted by Gasteiger charge is -2.21. The van der Waals surface area contributed by atoms with Gasteiger partial charge in [-0.15, -0.1) is 0 Å². The molecule has 0 saturated heterocycles. The summed E-state index contributed by atoms with van der Waals surface area (Å²) in [6.07, 6.45) is 0.970. The van der Waals surface area contributed by atoms with Crippen LogP contribution in [0.3, 0.4) is 0 Å². The molecular weight excluding hydrogens is 376 g/mol. The molecule has 0 bridgehead atoms.